The van der Waals surface area contributed by atoms with Crippen molar-refractivity contribution < 1.29 is 4.79 Å². The average molecular weight is 380 g/mol. The van der Waals surface area contributed by atoms with Gasteiger partial charge in [0.1, 0.15) is 6.54 Å². The Morgan fingerprint density at radius 2 is 1.79 bits per heavy atom. The van der Waals surface area contributed by atoms with E-state index in [4.69, 9.17) is 0 Å². The van der Waals surface area contributed by atoms with Crippen LogP contribution in [0.5, 0.6) is 0 Å². The second kappa shape index (κ2) is 8.59. The number of hydrogen-bond acceptors (Lipinski definition) is 4. The third-order valence-corrected chi connectivity index (χ3v) is 5.96. The molecule has 1 atom stereocenters. The summed E-state index contributed by atoms with van der Waals surface area (Å²) in [5, 5.41) is 4.26. The molecule has 2 saturated heterocycles. The van der Waals surface area contributed by atoms with Gasteiger partial charge >= 0.3 is 0 Å². The molecule has 6 heteroatoms. The van der Waals surface area contributed by atoms with E-state index in [1.807, 2.05) is 11.0 Å². The maximum atomic E-state index is 12.8. The maximum Gasteiger partial charge on any atom is 0.269 e. The minimum atomic E-state index is -0.199. The van der Waals surface area contributed by atoms with Gasteiger partial charge in [0.2, 0.25) is 5.91 Å². The van der Waals surface area contributed by atoms with Crippen LogP contribution >= 0.6 is 0 Å². The Bertz CT molecular complexity index is 858. The molecule has 2 fully saturated rings. The summed E-state index contributed by atoms with van der Waals surface area (Å²) < 4.78 is 1.29. The summed E-state index contributed by atoms with van der Waals surface area (Å²) >= 11 is 0. The molecule has 0 radical (unpaired) electrons. The molecule has 28 heavy (non-hydrogen) atoms. The van der Waals surface area contributed by atoms with Crippen LogP contribution in [0, 0.1) is 0 Å². The Hall–Kier alpha value is -2.63. The largest absolute Gasteiger partial charge is 0.370 e. The van der Waals surface area contributed by atoms with Crippen molar-refractivity contribution in [3.63, 3.8) is 0 Å². The van der Waals surface area contributed by atoms with Gasteiger partial charge in [0, 0.05) is 32.2 Å². The Morgan fingerprint density at radius 3 is 2.54 bits per heavy atom. The number of benzene rings is 1. The first-order chi connectivity index (χ1) is 13.7. The predicted molar refractivity (Wildman–Crippen MR) is 110 cm³/mol. The minimum absolute atomic E-state index is 0.0164. The SMILES string of the molecule is O=C(Cn1ncc(N2CCCC2)cc1=O)N1CCC[C@@H](c2ccccc2)CC1. The van der Waals surface area contributed by atoms with Crippen molar-refractivity contribution >= 4 is 11.6 Å². The lowest BCUT2D eigenvalue weighted by Crippen LogP contribution is -2.38. The first-order valence-corrected chi connectivity index (χ1v) is 10.4. The highest BCUT2D eigenvalue weighted by Gasteiger charge is 2.22. The van der Waals surface area contributed by atoms with Crippen LogP contribution in [0.3, 0.4) is 0 Å². The summed E-state index contributed by atoms with van der Waals surface area (Å²) in [5.74, 6) is 0.483. The fourth-order valence-corrected chi connectivity index (χ4v) is 4.32. The fourth-order valence-electron chi connectivity index (χ4n) is 4.32. The first-order valence-electron chi connectivity index (χ1n) is 10.4. The number of rotatable bonds is 4. The molecule has 148 valence electrons. The predicted octanol–water partition coefficient (Wildman–Crippen LogP) is 2.64. The summed E-state index contributed by atoms with van der Waals surface area (Å²) in [7, 11) is 0. The molecule has 0 saturated carbocycles. The van der Waals surface area contributed by atoms with Crippen LogP contribution in [0.25, 0.3) is 0 Å². The van der Waals surface area contributed by atoms with Gasteiger partial charge in [0.25, 0.3) is 5.56 Å². The zero-order chi connectivity index (χ0) is 19.3. The number of nitrogens with zero attached hydrogens (tertiary/aromatic N) is 4. The van der Waals surface area contributed by atoms with E-state index in [1.54, 1.807) is 12.3 Å². The van der Waals surface area contributed by atoms with E-state index in [2.05, 4.69) is 34.3 Å². The zero-order valence-corrected chi connectivity index (χ0v) is 16.3. The molecule has 0 N–H and O–H groups in total. The molecule has 0 unspecified atom stereocenters. The van der Waals surface area contributed by atoms with Crippen LogP contribution in [0.1, 0.15) is 43.6 Å². The van der Waals surface area contributed by atoms with E-state index in [0.717, 1.165) is 64.0 Å². The Balaban J connectivity index is 1.37. The summed E-state index contributed by atoms with van der Waals surface area (Å²) in [4.78, 5) is 29.3. The van der Waals surface area contributed by atoms with Crippen molar-refractivity contribution in [3.05, 3.63) is 58.5 Å². The van der Waals surface area contributed by atoms with Gasteiger partial charge in [-0.1, -0.05) is 30.3 Å². The lowest BCUT2D eigenvalue weighted by molar-refractivity contribution is -0.132. The molecular weight excluding hydrogens is 352 g/mol. The maximum absolute atomic E-state index is 12.8. The van der Waals surface area contributed by atoms with Crippen LogP contribution in [0.15, 0.2) is 47.4 Å². The highest BCUT2D eigenvalue weighted by molar-refractivity contribution is 5.76. The van der Waals surface area contributed by atoms with E-state index in [-0.39, 0.29) is 18.0 Å². The molecule has 4 rings (SSSR count). The van der Waals surface area contributed by atoms with Gasteiger partial charge in [-0.15, -0.1) is 0 Å². The summed E-state index contributed by atoms with van der Waals surface area (Å²) in [5.41, 5.74) is 2.02. The van der Waals surface area contributed by atoms with E-state index >= 15 is 0 Å². The zero-order valence-electron chi connectivity index (χ0n) is 16.3. The van der Waals surface area contributed by atoms with Crippen LogP contribution in [-0.2, 0) is 11.3 Å². The molecule has 0 spiro atoms. The second-order valence-electron chi connectivity index (χ2n) is 7.82. The quantitative estimate of drug-likeness (QED) is 0.818. The molecule has 1 amide bonds. The van der Waals surface area contributed by atoms with Gasteiger partial charge in [-0.05, 0) is 43.6 Å². The Morgan fingerprint density at radius 1 is 1.00 bits per heavy atom. The fraction of sp³-hybridized carbons (Fsp3) is 0.500. The van der Waals surface area contributed by atoms with E-state index in [0.29, 0.717) is 5.92 Å². The van der Waals surface area contributed by atoms with Gasteiger partial charge in [0.05, 0.1) is 11.9 Å². The molecule has 1 aromatic heterocycles. The van der Waals surface area contributed by atoms with E-state index in [1.165, 1.54) is 10.2 Å². The molecule has 1 aromatic carbocycles. The van der Waals surface area contributed by atoms with Crippen LogP contribution in [0.2, 0.25) is 0 Å². The molecule has 2 aromatic rings. The second-order valence-corrected chi connectivity index (χ2v) is 7.82. The number of aromatic nitrogens is 2. The standard InChI is InChI=1S/C22H28N4O2/c27-21-15-20(24-11-4-5-12-24)16-23-26(21)17-22(28)25-13-6-9-19(10-14-25)18-7-2-1-3-8-18/h1-3,7-8,15-16,19H,4-6,9-14,17H2/t19-/m1/s1. The molecule has 6 nitrogen and oxygen atoms in total. The monoisotopic (exact) mass is 380 g/mol. The smallest absolute Gasteiger partial charge is 0.269 e. The van der Waals surface area contributed by atoms with E-state index < -0.39 is 0 Å². The molecule has 2 aliphatic rings. The van der Waals surface area contributed by atoms with Gasteiger partial charge < -0.3 is 9.80 Å². The highest BCUT2D eigenvalue weighted by atomic mass is 16.2. The number of carbonyl (C=O) groups is 1. The molecule has 2 aliphatic heterocycles. The number of anilines is 1. The van der Waals surface area contributed by atoms with Crippen LogP contribution in [0.4, 0.5) is 5.69 Å². The van der Waals surface area contributed by atoms with Crippen LogP contribution < -0.4 is 10.5 Å². The number of likely N-dealkylation sites (tertiary alicyclic amines) is 1. The molecular formula is C22H28N4O2. The number of carbonyl (C=O) groups excluding carboxylic acids is 1. The first kappa shape index (κ1) is 18.7. The lowest BCUT2D eigenvalue weighted by Gasteiger charge is -2.21. The molecule has 3 heterocycles. The summed E-state index contributed by atoms with van der Waals surface area (Å²) in [6, 6.07) is 12.1. The van der Waals surface area contributed by atoms with Crippen LogP contribution in [-0.4, -0.2) is 46.8 Å². The third-order valence-electron chi connectivity index (χ3n) is 5.96. The van der Waals surface area contributed by atoms with E-state index in [9.17, 15) is 9.59 Å². The Kier molecular flexibility index (Phi) is 5.74. The van der Waals surface area contributed by atoms with Gasteiger partial charge in [-0.25, -0.2) is 4.68 Å². The van der Waals surface area contributed by atoms with Gasteiger partial charge in [-0.2, -0.15) is 5.10 Å². The van der Waals surface area contributed by atoms with Crippen molar-refractivity contribution in [2.24, 2.45) is 0 Å². The summed E-state index contributed by atoms with van der Waals surface area (Å²) in [6.07, 6.45) is 7.07. The van der Waals surface area contributed by atoms with Gasteiger partial charge in [-0.3, -0.25) is 9.59 Å². The Labute approximate surface area is 165 Å². The molecule has 0 bridgehead atoms. The van der Waals surface area contributed by atoms with Crippen molar-refractivity contribution in [2.45, 2.75) is 44.6 Å². The highest BCUT2D eigenvalue weighted by Crippen LogP contribution is 2.27. The van der Waals surface area contributed by atoms with Crippen molar-refractivity contribution in [1.29, 1.82) is 0 Å². The number of amides is 1. The topological polar surface area (TPSA) is 58.4 Å². The number of hydrogen-bond donors (Lipinski definition) is 0. The normalized spacial score (nSPS) is 20.2. The third kappa shape index (κ3) is 4.26. The molecule has 0 aliphatic carbocycles. The summed E-state index contributed by atoms with van der Waals surface area (Å²) in [6.45, 7) is 3.46. The lowest BCUT2D eigenvalue weighted by atomic mass is 9.92. The van der Waals surface area contributed by atoms with Crippen molar-refractivity contribution in [3.8, 4) is 0 Å². The van der Waals surface area contributed by atoms with Crippen molar-refractivity contribution in [2.75, 3.05) is 31.1 Å². The van der Waals surface area contributed by atoms with Gasteiger partial charge in [0.15, 0.2) is 0 Å². The minimum Gasteiger partial charge on any atom is -0.370 e. The average Bonchev–Trinajstić information content (AvgIpc) is 3.14. The van der Waals surface area contributed by atoms with Crippen molar-refractivity contribution in [1.82, 2.24) is 14.7 Å².